The Kier molecular flexibility index (Phi) is 6.88. The first-order valence-corrected chi connectivity index (χ1v) is 9.89. The van der Waals surface area contributed by atoms with Gasteiger partial charge in [-0.15, -0.1) is 0 Å². The van der Waals surface area contributed by atoms with Crippen molar-refractivity contribution in [1.82, 2.24) is 0 Å². The largest absolute Gasteiger partial charge is 0.486 e. The quantitative estimate of drug-likeness (QED) is 0.382. The molecule has 0 aliphatic rings. The summed E-state index contributed by atoms with van der Waals surface area (Å²) in [6, 6.07) is 15.3. The lowest BCUT2D eigenvalue weighted by Gasteiger charge is -2.13. The molecular weight excluding hydrogens is 475 g/mol. The molecule has 0 radical (unpaired) electrons. The molecule has 0 aromatic heterocycles. The van der Waals surface area contributed by atoms with E-state index in [9.17, 15) is 4.39 Å². The van der Waals surface area contributed by atoms with Crippen molar-refractivity contribution in [2.45, 2.75) is 13.2 Å². The van der Waals surface area contributed by atoms with E-state index in [-0.39, 0.29) is 12.4 Å². The molecule has 3 aromatic rings. The first kappa shape index (κ1) is 20.3. The summed E-state index contributed by atoms with van der Waals surface area (Å²) in [6.07, 6.45) is 0. The predicted molar refractivity (Wildman–Crippen MR) is 114 cm³/mol. The van der Waals surface area contributed by atoms with Crippen LogP contribution in [0.1, 0.15) is 11.1 Å². The van der Waals surface area contributed by atoms with Gasteiger partial charge in [0.15, 0.2) is 5.75 Å². The maximum absolute atomic E-state index is 13.3. The van der Waals surface area contributed by atoms with Gasteiger partial charge in [-0.25, -0.2) is 4.39 Å². The van der Waals surface area contributed by atoms with E-state index in [1.165, 1.54) is 12.1 Å². The van der Waals surface area contributed by atoms with E-state index in [0.717, 1.165) is 15.7 Å². The Balaban J connectivity index is 1.67. The summed E-state index contributed by atoms with van der Waals surface area (Å²) in [6.45, 7) is 0.688. The summed E-state index contributed by atoms with van der Waals surface area (Å²) in [5.41, 5.74) is 2.46. The maximum Gasteiger partial charge on any atom is 0.156 e. The van der Waals surface area contributed by atoms with Crippen molar-refractivity contribution in [2.24, 2.45) is 0 Å². The van der Waals surface area contributed by atoms with Gasteiger partial charge in [-0.3, -0.25) is 0 Å². The van der Waals surface area contributed by atoms with E-state index in [1.54, 1.807) is 24.3 Å². The molecule has 140 valence electrons. The van der Waals surface area contributed by atoms with Gasteiger partial charge in [0.1, 0.15) is 12.4 Å². The van der Waals surface area contributed by atoms with Gasteiger partial charge in [0.05, 0.1) is 15.1 Å². The van der Waals surface area contributed by atoms with E-state index in [4.69, 9.17) is 39.5 Å². The second-order valence-electron chi connectivity index (χ2n) is 5.79. The summed E-state index contributed by atoms with van der Waals surface area (Å²) in [5, 5.41) is 4.67. The number of benzene rings is 3. The molecule has 0 saturated carbocycles. The predicted octanol–water partition coefficient (Wildman–Crippen LogP) is 7.74. The van der Waals surface area contributed by atoms with Crippen LogP contribution in [0.3, 0.4) is 0 Å². The molecule has 0 saturated heterocycles. The van der Waals surface area contributed by atoms with Crippen molar-refractivity contribution in [2.75, 3.05) is 5.32 Å². The average molecular weight is 490 g/mol. The van der Waals surface area contributed by atoms with Crippen LogP contribution in [0.2, 0.25) is 15.1 Å². The average Bonchev–Trinajstić information content (AvgIpc) is 2.62. The lowest BCUT2D eigenvalue weighted by molar-refractivity contribution is 0.306. The normalized spacial score (nSPS) is 10.7. The van der Waals surface area contributed by atoms with Gasteiger partial charge < -0.3 is 10.1 Å². The highest BCUT2D eigenvalue weighted by Crippen LogP contribution is 2.35. The van der Waals surface area contributed by atoms with Gasteiger partial charge in [0, 0.05) is 16.7 Å². The molecule has 1 N–H and O–H groups in total. The fraction of sp³-hybridized carbons (Fsp3) is 0.100. The molecular formula is C20H14BrCl3FNO. The SMILES string of the molecule is Fc1cccc(COc2c(Cl)cc(CNc3ccc(Br)c(Cl)c3)cc2Cl)c1. The first-order chi connectivity index (χ1) is 12.9. The number of ether oxygens (including phenoxy) is 1. The van der Waals surface area contributed by atoms with Crippen molar-refractivity contribution in [3.05, 3.63) is 91.1 Å². The van der Waals surface area contributed by atoms with Gasteiger partial charge in [-0.1, -0.05) is 46.9 Å². The molecule has 0 fully saturated rings. The second kappa shape index (κ2) is 9.16. The molecule has 0 heterocycles. The molecule has 0 amide bonds. The zero-order chi connectivity index (χ0) is 19.4. The van der Waals surface area contributed by atoms with Crippen molar-refractivity contribution in [3.63, 3.8) is 0 Å². The maximum atomic E-state index is 13.3. The number of hydrogen-bond acceptors (Lipinski definition) is 2. The standard InChI is InChI=1S/C20H14BrCl3FNO/c21-16-5-4-15(9-17(16)22)26-10-13-7-18(23)20(19(24)8-13)27-11-12-2-1-3-14(25)6-12/h1-9,26H,10-11H2. The van der Waals surface area contributed by atoms with E-state index in [1.807, 2.05) is 18.2 Å². The van der Waals surface area contributed by atoms with Crippen LogP contribution < -0.4 is 10.1 Å². The van der Waals surface area contributed by atoms with E-state index in [2.05, 4.69) is 21.2 Å². The van der Waals surface area contributed by atoms with Crippen LogP contribution in [-0.2, 0) is 13.2 Å². The molecule has 0 atom stereocenters. The first-order valence-electron chi connectivity index (χ1n) is 7.96. The monoisotopic (exact) mass is 487 g/mol. The Morgan fingerprint density at radius 3 is 2.30 bits per heavy atom. The molecule has 0 aliphatic heterocycles. The van der Waals surface area contributed by atoms with E-state index < -0.39 is 0 Å². The molecule has 0 aliphatic carbocycles. The van der Waals surface area contributed by atoms with E-state index >= 15 is 0 Å². The third kappa shape index (κ3) is 5.52. The van der Waals surface area contributed by atoms with Crippen LogP contribution >= 0.6 is 50.7 Å². The Hall–Kier alpha value is -1.46. The fourth-order valence-electron chi connectivity index (χ4n) is 2.44. The van der Waals surface area contributed by atoms with Gasteiger partial charge in [0.25, 0.3) is 0 Å². The number of hydrogen-bond donors (Lipinski definition) is 1. The lowest BCUT2D eigenvalue weighted by atomic mass is 10.2. The molecule has 7 heteroatoms. The van der Waals surface area contributed by atoms with E-state index in [0.29, 0.717) is 32.9 Å². The molecule has 2 nitrogen and oxygen atoms in total. The number of anilines is 1. The topological polar surface area (TPSA) is 21.3 Å². The van der Waals surface area contributed by atoms with Crippen LogP contribution in [0, 0.1) is 5.82 Å². The summed E-state index contributed by atoms with van der Waals surface area (Å²) in [7, 11) is 0. The lowest BCUT2D eigenvalue weighted by Crippen LogP contribution is -2.01. The molecule has 0 spiro atoms. The van der Waals surface area contributed by atoms with Crippen LogP contribution in [-0.4, -0.2) is 0 Å². The number of halogens is 5. The van der Waals surface area contributed by atoms with Gasteiger partial charge in [-0.05, 0) is 69.5 Å². The summed E-state index contributed by atoms with van der Waals surface area (Å²) in [5.74, 6) is 0.0563. The zero-order valence-electron chi connectivity index (χ0n) is 13.9. The number of rotatable bonds is 6. The van der Waals surface area contributed by atoms with Crippen LogP contribution in [0.5, 0.6) is 5.75 Å². The van der Waals surface area contributed by atoms with Crippen molar-refractivity contribution in [1.29, 1.82) is 0 Å². The minimum atomic E-state index is -0.317. The zero-order valence-corrected chi connectivity index (χ0v) is 17.8. The van der Waals surface area contributed by atoms with Crippen molar-refractivity contribution >= 4 is 56.4 Å². The highest BCUT2D eigenvalue weighted by atomic mass is 79.9. The Bertz CT molecular complexity index is 945. The van der Waals surface area contributed by atoms with Crippen molar-refractivity contribution < 1.29 is 9.13 Å². The smallest absolute Gasteiger partial charge is 0.156 e. The highest BCUT2D eigenvalue weighted by molar-refractivity contribution is 9.10. The van der Waals surface area contributed by atoms with Gasteiger partial charge in [-0.2, -0.15) is 0 Å². The summed E-state index contributed by atoms with van der Waals surface area (Å²) < 4.78 is 19.8. The minimum Gasteiger partial charge on any atom is -0.486 e. The Morgan fingerprint density at radius 2 is 1.63 bits per heavy atom. The Morgan fingerprint density at radius 1 is 0.889 bits per heavy atom. The Labute approximate surface area is 180 Å². The minimum absolute atomic E-state index is 0.173. The fourth-order valence-corrected chi connectivity index (χ4v) is 3.51. The third-order valence-corrected chi connectivity index (χ3v) is 5.54. The highest BCUT2D eigenvalue weighted by Gasteiger charge is 2.11. The van der Waals surface area contributed by atoms with Crippen molar-refractivity contribution in [3.8, 4) is 5.75 Å². The van der Waals surface area contributed by atoms with Gasteiger partial charge in [0.2, 0.25) is 0 Å². The number of nitrogens with one attached hydrogen (secondary N) is 1. The van der Waals surface area contributed by atoms with Crippen LogP contribution in [0.4, 0.5) is 10.1 Å². The summed E-state index contributed by atoms with van der Waals surface area (Å²) >= 11 is 22.1. The molecule has 3 rings (SSSR count). The molecule has 3 aromatic carbocycles. The third-order valence-electron chi connectivity index (χ3n) is 3.75. The summed E-state index contributed by atoms with van der Waals surface area (Å²) in [4.78, 5) is 0. The van der Waals surface area contributed by atoms with Crippen LogP contribution in [0.25, 0.3) is 0 Å². The molecule has 0 bridgehead atoms. The molecule has 0 unspecified atom stereocenters. The van der Waals surface area contributed by atoms with Crippen LogP contribution in [0.15, 0.2) is 59.1 Å². The molecule has 27 heavy (non-hydrogen) atoms. The van der Waals surface area contributed by atoms with Gasteiger partial charge >= 0.3 is 0 Å². The second-order valence-corrected chi connectivity index (χ2v) is 7.87.